The van der Waals surface area contributed by atoms with Crippen LogP contribution in [0.5, 0.6) is 5.75 Å². The number of ether oxygens (including phenoxy) is 1. The number of halogens is 2. The lowest BCUT2D eigenvalue weighted by molar-refractivity contribution is -0.129. The lowest BCUT2D eigenvalue weighted by Crippen LogP contribution is -2.41. The molecule has 5 nitrogen and oxygen atoms in total. The van der Waals surface area contributed by atoms with Crippen molar-refractivity contribution in [2.24, 2.45) is 10.7 Å². The first-order valence-corrected chi connectivity index (χ1v) is 9.13. The van der Waals surface area contributed by atoms with E-state index in [0.717, 1.165) is 18.4 Å². The highest BCUT2D eigenvalue weighted by atomic mass is 19.3. The molecule has 1 fully saturated rings. The normalized spacial score (nSPS) is 22.0. The summed E-state index contributed by atoms with van der Waals surface area (Å²) in [6.07, 6.45) is 1.81. The molecule has 2 aromatic carbocycles. The van der Waals surface area contributed by atoms with Gasteiger partial charge in [-0.3, -0.25) is 9.69 Å². The van der Waals surface area contributed by atoms with E-state index in [2.05, 4.69) is 4.99 Å². The van der Waals surface area contributed by atoms with Crippen molar-refractivity contribution in [2.45, 2.75) is 37.8 Å². The smallest absolute Gasteiger partial charge is 0.387 e. The van der Waals surface area contributed by atoms with Gasteiger partial charge in [0, 0.05) is 7.05 Å². The van der Waals surface area contributed by atoms with Crippen molar-refractivity contribution < 1.29 is 18.3 Å². The third-order valence-corrected chi connectivity index (χ3v) is 5.34. The maximum Gasteiger partial charge on any atom is 0.387 e. The van der Waals surface area contributed by atoms with Crippen molar-refractivity contribution in [1.82, 2.24) is 4.90 Å². The van der Waals surface area contributed by atoms with Gasteiger partial charge in [-0.05, 0) is 54.5 Å². The van der Waals surface area contributed by atoms with Gasteiger partial charge >= 0.3 is 6.61 Å². The van der Waals surface area contributed by atoms with Crippen LogP contribution < -0.4 is 10.5 Å². The standard InChI is InChI=1S/C21H21F2N3O2/c1-12-4-3-5-14(10-12)21(18(27)26(2)20(24)25-21)15-8-9-17(28-19(22)23)16(11-15)13-6-7-13/h3-5,8-11,13,19H,6-7H2,1-2H3,(H2,24,25). The second kappa shape index (κ2) is 6.58. The Morgan fingerprint density at radius 2 is 1.93 bits per heavy atom. The van der Waals surface area contributed by atoms with E-state index in [0.29, 0.717) is 16.7 Å². The zero-order chi connectivity index (χ0) is 20.1. The number of hydrogen-bond acceptors (Lipinski definition) is 4. The molecule has 2 N–H and O–H groups in total. The van der Waals surface area contributed by atoms with Crippen LogP contribution in [0.3, 0.4) is 0 Å². The molecule has 1 aliphatic heterocycles. The van der Waals surface area contributed by atoms with Crippen LogP contribution in [0.2, 0.25) is 0 Å². The molecular formula is C21H21F2N3O2. The zero-order valence-electron chi connectivity index (χ0n) is 15.7. The molecule has 1 aliphatic carbocycles. The predicted molar refractivity (Wildman–Crippen MR) is 101 cm³/mol. The summed E-state index contributed by atoms with van der Waals surface area (Å²) in [4.78, 5) is 19.2. The number of alkyl halides is 2. The molecule has 1 heterocycles. The van der Waals surface area contributed by atoms with E-state index in [9.17, 15) is 13.6 Å². The molecule has 1 unspecified atom stereocenters. The quantitative estimate of drug-likeness (QED) is 0.857. The summed E-state index contributed by atoms with van der Waals surface area (Å²) >= 11 is 0. The molecule has 7 heteroatoms. The van der Waals surface area contributed by atoms with Crippen molar-refractivity contribution in [3.63, 3.8) is 0 Å². The molecule has 1 saturated carbocycles. The van der Waals surface area contributed by atoms with Crippen molar-refractivity contribution in [2.75, 3.05) is 7.05 Å². The summed E-state index contributed by atoms with van der Waals surface area (Å²) < 4.78 is 30.3. The van der Waals surface area contributed by atoms with Gasteiger partial charge in [0.25, 0.3) is 5.91 Å². The first-order valence-electron chi connectivity index (χ1n) is 9.13. The molecule has 4 rings (SSSR count). The number of aryl methyl sites for hydroxylation is 1. The van der Waals surface area contributed by atoms with Crippen LogP contribution in [0.25, 0.3) is 0 Å². The first-order chi connectivity index (χ1) is 13.3. The second-order valence-corrected chi connectivity index (χ2v) is 7.32. The Kier molecular flexibility index (Phi) is 4.33. The summed E-state index contributed by atoms with van der Waals surface area (Å²) in [5, 5.41) is 0. The number of carbonyl (C=O) groups excluding carboxylic acids is 1. The van der Waals surface area contributed by atoms with Crippen LogP contribution in [0.4, 0.5) is 8.78 Å². The van der Waals surface area contributed by atoms with Gasteiger partial charge in [-0.15, -0.1) is 0 Å². The number of rotatable bonds is 5. The Morgan fingerprint density at radius 3 is 2.50 bits per heavy atom. The number of benzene rings is 2. The minimum atomic E-state index is -2.90. The van der Waals surface area contributed by atoms with E-state index in [4.69, 9.17) is 10.5 Å². The minimum absolute atomic E-state index is 0.118. The molecular weight excluding hydrogens is 364 g/mol. The first kappa shape index (κ1) is 18.4. The van der Waals surface area contributed by atoms with Gasteiger partial charge in [-0.2, -0.15) is 8.78 Å². The largest absolute Gasteiger partial charge is 0.435 e. The van der Waals surface area contributed by atoms with Gasteiger partial charge in [0.1, 0.15) is 5.75 Å². The minimum Gasteiger partial charge on any atom is -0.435 e. The van der Waals surface area contributed by atoms with E-state index in [1.54, 1.807) is 19.2 Å². The van der Waals surface area contributed by atoms with Crippen LogP contribution in [0.1, 0.15) is 41.0 Å². The summed E-state index contributed by atoms with van der Waals surface area (Å²) in [6, 6.07) is 12.4. The Labute approximate surface area is 161 Å². The monoisotopic (exact) mass is 385 g/mol. The molecule has 1 atom stereocenters. The van der Waals surface area contributed by atoms with E-state index in [-0.39, 0.29) is 23.5 Å². The molecule has 0 bridgehead atoms. The number of aliphatic imine (C=N–C) groups is 1. The molecule has 0 saturated heterocycles. The third-order valence-electron chi connectivity index (χ3n) is 5.34. The number of nitrogens with zero attached hydrogens (tertiary/aromatic N) is 2. The fourth-order valence-corrected chi connectivity index (χ4v) is 3.74. The Bertz CT molecular complexity index is 972. The highest BCUT2D eigenvalue weighted by Crippen LogP contribution is 2.48. The number of amides is 1. The zero-order valence-corrected chi connectivity index (χ0v) is 15.7. The number of likely N-dealkylation sites (N-methyl/N-ethyl adjacent to an activating group) is 1. The number of nitrogens with two attached hydrogens (primary N) is 1. The van der Waals surface area contributed by atoms with Gasteiger partial charge in [-0.1, -0.05) is 35.9 Å². The van der Waals surface area contributed by atoms with Crippen molar-refractivity contribution in [3.8, 4) is 5.75 Å². The average Bonchev–Trinajstić information content (AvgIpc) is 3.46. The lowest BCUT2D eigenvalue weighted by Gasteiger charge is -2.27. The summed E-state index contributed by atoms with van der Waals surface area (Å²) in [5.41, 5.74) is 7.61. The van der Waals surface area contributed by atoms with Crippen molar-refractivity contribution in [1.29, 1.82) is 0 Å². The van der Waals surface area contributed by atoms with E-state index in [1.165, 1.54) is 11.0 Å². The Morgan fingerprint density at radius 1 is 1.21 bits per heavy atom. The number of carbonyl (C=O) groups is 1. The topological polar surface area (TPSA) is 67.9 Å². The van der Waals surface area contributed by atoms with Gasteiger partial charge in [0.2, 0.25) is 0 Å². The molecule has 2 aromatic rings. The summed E-state index contributed by atoms with van der Waals surface area (Å²) in [5.74, 6) is 0.141. The highest BCUT2D eigenvalue weighted by molar-refractivity contribution is 6.09. The van der Waals surface area contributed by atoms with Gasteiger partial charge in [0.15, 0.2) is 11.5 Å². The molecule has 146 valence electrons. The molecule has 2 aliphatic rings. The molecule has 0 aromatic heterocycles. The average molecular weight is 385 g/mol. The van der Waals surface area contributed by atoms with Crippen molar-refractivity contribution >= 4 is 11.9 Å². The van der Waals surface area contributed by atoms with Crippen LogP contribution in [-0.2, 0) is 10.3 Å². The molecule has 0 spiro atoms. The van der Waals surface area contributed by atoms with Gasteiger partial charge in [0.05, 0.1) is 0 Å². The van der Waals surface area contributed by atoms with Crippen LogP contribution in [0.15, 0.2) is 47.5 Å². The fraction of sp³-hybridized carbons (Fsp3) is 0.333. The number of hydrogen-bond donors (Lipinski definition) is 1. The maximum absolute atomic E-state index is 13.3. The summed E-state index contributed by atoms with van der Waals surface area (Å²) in [6.45, 7) is -0.968. The Hall–Kier alpha value is -2.96. The predicted octanol–water partition coefficient (Wildman–Crippen LogP) is 3.50. The van der Waals surface area contributed by atoms with E-state index < -0.39 is 12.2 Å². The molecule has 0 radical (unpaired) electrons. The molecule has 28 heavy (non-hydrogen) atoms. The van der Waals surface area contributed by atoms with E-state index in [1.807, 2.05) is 31.2 Å². The Balaban J connectivity index is 1.91. The highest BCUT2D eigenvalue weighted by Gasteiger charge is 2.50. The summed E-state index contributed by atoms with van der Waals surface area (Å²) in [7, 11) is 1.58. The van der Waals surface area contributed by atoms with E-state index >= 15 is 0 Å². The van der Waals surface area contributed by atoms with Crippen LogP contribution in [0, 0.1) is 6.92 Å². The van der Waals surface area contributed by atoms with Crippen LogP contribution in [-0.4, -0.2) is 30.4 Å². The second-order valence-electron chi connectivity index (χ2n) is 7.32. The SMILES string of the molecule is Cc1cccc(C2(c3ccc(OC(F)F)c(C4CC4)c3)N=C(N)N(C)C2=O)c1. The molecule has 1 amide bonds. The van der Waals surface area contributed by atoms with Gasteiger partial charge < -0.3 is 10.5 Å². The fourth-order valence-electron chi connectivity index (χ4n) is 3.74. The number of guanidine groups is 1. The lowest BCUT2D eigenvalue weighted by atomic mass is 9.81. The van der Waals surface area contributed by atoms with Gasteiger partial charge in [-0.25, -0.2) is 4.99 Å². The maximum atomic E-state index is 13.3. The third kappa shape index (κ3) is 2.91. The van der Waals surface area contributed by atoms with Crippen LogP contribution >= 0.6 is 0 Å². The van der Waals surface area contributed by atoms with Crippen molar-refractivity contribution in [3.05, 3.63) is 64.7 Å².